The first-order chi connectivity index (χ1) is 12.2. The fourth-order valence-electron chi connectivity index (χ4n) is 1.96. The molecular weight excluding hydrogens is 424 g/mol. The largest absolute Gasteiger partial charge is 0.466 e. The van der Waals surface area contributed by atoms with Gasteiger partial charge in [0.05, 0.1) is 12.7 Å². The minimum Gasteiger partial charge on any atom is -0.466 e. The Labute approximate surface area is 170 Å². The number of hydrogen-bond donors (Lipinski definition) is 1. The van der Waals surface area contributed by atoms with Crippen LogP contribution in [0.25, 0.3) is 0 Å². The van der Waals surface area contributed by atoms with Gasteiger partial charge in [0, 0.05) is 10.6 Å². The fourth-order valence-corrected chi connectivity index (χ4v) is 2.45. The number of halogens is 4. The number of carbonyl (C=O) groups excluding carboxylic acids is 2. The van der Waals surface area contributed by atoms with Crippen LogP contribution in [0.4, 0.5) is 0 Å². The molecule has 1 N–H and O–H groups in total. The predicted octanol–water partition coefficient (Wildman–Crippen LogP) is 4.63. The first-order valence-corrected chi connectivity index (χ1v) is 8.70. The third-order valence-electron chi connectivity index (χ3n) is 3.16. The zero-order valence-corrected chi connectivity index (χ0v) is 16.4. The van der Waals surface area contributed by atoms with Crippen LogP contribution in [-0.4, -0.2) is 29.0 Å². The molecule has 1 unspecified atom stereocenters. The normalized spacial score (nSPS) is 12.2. The molecule has 0 aromatic heterocycles. The number of rotatable bonds is 5. The Balaban J connectivity index is 2.21. The van der Waals surface area contributed by atoms with Gasteiger partial charge in [0.25, 0.3) is 5.91 Å². The van der Waals surface area contributed by atoms with Gasteiger partial charge in [-0.1, -0.05) is 58.5 Å². The van der Waals surface area contributed by atoms with E-state index in [1.807, 2.05) is 0 Å². The highest BCUT2D eigenvalue weighted by atomic mass is 35.6. The number of alkyl halides is 3. The topological polar surface area (TPSA) is 64.6 Å². The van der Waals surface area contributed by atoms with E-state index in [9.17, 15) is 9.59 Å². The highest BCUT2D eigenvalue weighted by Gasteiger charge is 2.36. The van der Waals surface area contributed by atoms with Crippen LogP contribution in [0.5, 0.6) is 5.75 Å². The summed E-state index contributed by atoms with van der Waals surface area (Å²) < 4.78 is 8.23. The van der Waals surface area contributed by atoms with E-state index in [1.54, 1.807) is 30.3 Å². The highest BCUT2D eigenvalue weighted by Crippen LogP contribution is 2.32. The minimum absolute atomic E-state index is 0.204. The summed E-state index contributed by atoms with van der Waals surface area (Å²) in [5, 5.41) is 2.86. The minimum atomic E-state index is -1.98. The van der Waals surface area contributed by atoms with Gasteiger partial charge in [-0.3, -0.25) is 4.79 Å². The quantitative estimate of drug-likeness (QED) is 0.421. The summed E-state index contributed by atoms with van der Waals surface area (Å²) in [5.74, 6) is -0.896. The standard InChI is InChI=1S/C17H13Cl4NO4/c1-25-15(24)11-5-3-7-13(9-11)26-16(17(19,20)21)22-14(23)10-4-2-6-12(18)8-10/h2-9,16H,1H3,(H,22,23). The summed E-state index contributed by atoms with van der Waals surface area (Å²) >= 11 is 23.6. The third kappa shape index (κ3) is 5.68. The highest BCUT2D eigenvalue weighted by molar-refractivity contribution is 6.68. The molecule has 138 valence electrons. The summed E-state index contributed by atoms with van der Waals surface area (Å²) in [5.41, 5.74) is 0.512. The van der Waals surface area contributed by atoms with Crippen molar-refractivity contribution in [2.75, 3.05) is 7.11 Å². The first-order valence-electron chi connectivity index (χ1n) is 7.19. The molecule has 0 spiro atoms. The number of amides is 1. The molecular formula is C17H13Cl4NO4. The van der Waals surface area contributed by atoms with Gasteiger partial charge < -0.3 is 14.8 Å². The van der Waals surface area contributed by atoms with E-state index in [0.29, 0.717) is 5.02 Å². The van der Waals surface area contributed by atoms with Gasteiger partial charge in [-0.05, 0) is 36.4 Å². The van der Waals surface area contributed by atoms with Crippen LogP contribution < -0.4 is 10.1 Å². The Morgan fingerprint density at radius 1 is 1.04 bits per heavy atom. The smallest absolute Gasteiger partial charge is 0.337 e. The van der Waals surface area contributed by atoms with Gasteiger partial charge in [0.1, 0.15) is 5.75 Å². The van der Waals surface area contributed by atoms with Crippen LogP contribution in [0.3, 0.4) is 0 Å². The van der Waals surface area contributed by atoms with Crippen LogP contribution in [-0.2, 0) is 4.74 Å². The maximum absolute atomic E-state index is 12.4. The Bertz CT molecular complexity index is 807. The molecule has 1 atom stereocenters. The van der Waals surface area contributed by atoms with Gasteiger partial charge in [0.15, 0.2) is 0 Å². The maximum Gasteiger partial charge on any atom is 0.337 e. The van der Waals surface area contributed by atoms with E-state index in [0.717, 1.165) is 0 Å². The first kappa shape index (κ1) is 20.6. The van der Waals surface area contributed by atoms with Crippen molar-refractivity contribution in [2.24, 2.45) is 0 Å². The van der Waals surface area contributed by atoms with E-state index >= 15 is 0 Å². The lowest BCUT2D eigenvalue weighted by Crippen LogP contribution is -2.47. The number of methoxy groups -OCH3 is 1. The second-order valence-corrected chi connectivity index (χ2v) is 7.85. The summed E-state index contributed by atoms with van der Waals surface area (Å²) in [6, 6.07) is 12.3. The number of ether oxygens (including phenoxy) is 2. The molecule has 0 saturated heterocycles. The SMILES string of the molecule is COC(=O)c1cccc(OC(NC(=O)c2cccc(Cl)c2)C(Cl)(Cl)Cl)c1. The van der Waals surface area contributed by atoms with E-state index in [2.05, 4.69) is 10.1 Å². The van der Waals surface area contributed by atoms with Crippen LogP contribution in [0.1, 0.15) is 20.7 Å². The van der Waals surface area contributed by atoms with E-state index in [1.165, 1.54) is 25.3 Å². The van der Waals surface area contributed by atoms with Crippen molar-refractivity contribution in [2.45, 2.75) is 10.0 Å². The van der Waals surface area contributed by atoms with Crippen molar-refractivity contribution in [1.82, 2.24) is 5.32 Å². The van der Waals surface area contributed by atoms with Gasteiger partial charge >= 0.3 is 5.97 Å². The van der Waals surface area contributed by atoms with Gasteiger partial charge in [0.2, 0.25) is 10.0 Å². The molecule has 5 nitrogen and oxygen atoms in total. The fraction of sp³-hybridized carbons (Fsp3) is 0.176. The van der Waals surface area contributed by atoms with Crippen LogP contribution in [0.15, 0.2) is 48.5 Å². The second-order valence-electron chi connectivity index (χ2n) is 5.04. The molecule has 9 heteroatoms. The van der Waals surface area contributed by atoms with Gasteiger partial charge in [-0.25, -0.2) is 4.79 Å². The average Bonchev–Trinajstić information content (AvgIpc) is 2.59. The average molecular weight is 437 g/mol. The number of hydrogen-bond acceptors (Lipinski definition) is 4. The van der Waals surface area contributed by atoms with Crippen LogP contribution in [0, 0.1) is 0 Å². The summed E-state index contributed by atoms with van der Waals surface area (Å²) in [7, 11) is 1.26. The van der Waals surface area contributed by atoms with Gasteiger partial charge in [-0.2, -0.15) is 0 Å². The van der Waals surface area contributed by atoms with Crippen molar-refractivity contribution < 1.29 is 19.1 Å². The van der Waals surface area contributed by atoms with Crippen molar-refractivity contribution in [1.29, 1.82) is 0 Å². The maximum atomic E-state index is 12.4. The Morgan fingerprint density at radius 2 is 1.69 bits per heavy atom. The van der Waals surface area contributed by atoms with Crippen molar-refractivity contribution in [3.63, 3.8) is 0 Å². The van der Waals surface area contributed by atoms with Crippen molar-refractivity contribution >= 4 is 58.3 Å². The number of nitrogens with one attached hydrogen (secondary N) is 1. The lowest BCUT2D eigenvalue weighted by atomic mass is 10.2. The molecule has 2 aromatic carbocycles. The molecule has 0 aliphatic heterocycles. The van der Waals surface area contributed by atoms with Crippen molar-refractivity contribution in [3.05, 3.63) is 64.7 Å². The van der Waals surface area contributed by atoms with E-state index in [-0.39, 0.29) is 16.9 Å². The predicted molar refractivity (Wildman–Crippen MR) is 101 cm³/mol. The zero-order chi connectivity index (χ0) is 19.3. The number of carbonyl (C=O) groups is 2. The molecule has 0 radical (unpaired) electrons. The van der Waals surface area contributed by atoms with Gasteiger partial charge in [-0.15, -0.1) is 0 Å². The molecule has 0 fully saturated rings. The lowest BCUT2D eigenvalue weighted by molar-refractivity contribution is 0.0598. The summed E-state index contributed by atoms with van der Waals surface area (Å²) in [4.78, 5) is 24.0. The molecule has 2 rings (SSSR count). The second kappa shape index (κ2) is 8.82. The monoisotopic (exact) mass is 435 g/mol. The molecule has 0 saturated carbocycles. The Morgan fingerprint density at radius 3 is 2.31 bits per heavy atom. The number of esters is 1. The molecule has 0 aliphatic carbocycles. The zero-order valence-electron chi connectivity index (χ0n) is 13.3. The lowest BCUT2D eigenvalue weighted by Gasteiger charge is -2.26. The summed E-state index contributed by atoms with van der Waals surface area (Å²) in [6.45, 7) is 0. The summed E-state index contributed by atoms with van der Waals surface area (Å²) in [6.07, 6.45) is -1.33. The molecule has 0 aliphatic rings. The van der Waals surface area contributed by atoms with Crippen LogP contribution >= 0.6 is 46.4 Å². The number of benzene rings is 2. The molecule has 2 aromatic rings. The molecule has 0 bridgehead atoms. The van der Waals surface area contributed by atoms with E-state index < -0.39 is 21.9 Å². The van der Waals surface area contributed by atoms with E-state index in [4.69, 9.17) is 51.1 Å². The Kier molecular flexibility index (Phi) is 7.01. The molecule has 26 heavy (non-hydrogen) atoms. The third-order valence-corrected chi connectivity index (χ3v) is 3.99. The molecule has 1 amide bonds. The Hall–Kier alpha value is -1.66. The van der Waals surface area contributed by atoms with Crippen molar-refractivity contribution in [3.8, 4) is 5.75 Å². The molecule has 0 heterocycles. The van der Waals surface area contributed by atoms with Crippen LogP contribution in [0.2, 0.25) is 5.02 Å².